The Hall–Kier alpha value is 0.200. The minimum Gasteiger partial charge on any atom is -0.370 e. The van der Waals surface area contributed by atoms with Crippen LogP contribution in [0.5, 0.6) is 0 Å². The van der Waals surface area contributed by atoms with Crippen LogP contribution in [0, 0.1) is 0 Å². The van der Waals surface area contributed by atoms with Crippen molar-refractivity contribution in [2.45, 2.75) is 26.7 Å². The lowest BCUT2D eigenvalue weighted by molar-refractivity contribution is 0.279. The highest BCUT2D eigenvalue weighted by atomic mass is 32.1. The zero-order valence-electron chi connectivity index (χ0n) is 8.55. The van der Waals surface area contributed by atoms with E-state index in [0.29, 0.717) is 4.32 Å². The van der Waals surface area contributed by atoms with Gasteiger partial charge in [0.1, 0.15) is 4.32 Å². The Balaban J connectivity index is 3.49. The standard InChI is InChI=1S/C9H20N2S2/c1-3-6-11(7-4-2)8-5-10-9(12)13/h3-8H2,1-2H3,(H2,10,12,13). The molecule has 0 heterocycles. The molecule has 0 saturated carbocycles. The first kappa shape index (κ1) is 13.2. The van der Waals surface area contributed by atoms with Crippen LogP contribution in [0.25, 0.3) is 0 Å². The summed E-state index contributed by atoms with van der Waals surface area (Å²) in [4.78, 5) is 2.44. The average molecular weight is 220 g/mol. The third kappa shape index (κ3) is 8.53. The summed E-state index contributed by atoms with van der Waals surface area (Å²) in [6, 6.07) is 0. The first-order valence-corrected chi connectivity index (χ1v) is 5.75. The number of thiol groups is 1. The molecule has 0 unspecified atom stereocenters. The van der Waals surface area contributed by atoms with Gasteiger partial charge in [0.15, 0.2) is 0 Å². The molecule has 0 aliphatic rings. The molecule has 0 spiro atoms. The van der Waals surface area contributed by atoms with Crippen LogP contribution in [0.4, 0.5) is 0 Å². The van der Waals surface area contributed by atoms with Crippen molar-refractivity contribution < 1.29 is 0 Å². The number of hydrogen-bond acceptors (Lipinski definition) is 2. The molecule has 0 fully saturated rings. The highest BCUT2D eigenvalue weighted by Crippen LogP contribution is 1.92. The molecule has 0 aliphatic carbocycles. The molecular formula is C9H20N2S2. The van der Waals surface area contributed by atoms with Crippen molar-refractivity contribution in [2.75, 3.05) is 26.2 Å². The van der Waals surface area contributed by atoms with Gasteiger partial charge in [-0.1, -0.05) is 26.1 Å². The number of thiocarbonyl (C=S) groups is 1. The van der Waals surface area contributed by atoms with E-state index in [0.717, 1.165) is 13.1 Å². The Morgan fingerprint density at radius 1 is 1.23 bits per heavy atom. The van der Waals surface area contributed by atoms with Gasteiger partial charge in [-0.05, 0) is 25.9 Å². The molecule has 0 aromatic carbocycles. The molecule has 0 saturated heterocycles. The third-order valence-corrected chi connectivity index (χ3v) is 2.09. The summed E-state index contributed by atoms with van der Waals surface area (Å²) in [5.74, 6) is 0. The maximum Gasteiger partial charge on any atom is 0.130 e. The quantitative estimate of drug-likeness (QED) is 0.504. The highest BCUT2D eigenvalue weighted by Gasteiger charge is 2.00. The largest absolute Gasteiger partial charge is 0.370 e. The van der Waals surface area contributed by atoms with Crippen molar-refractivity contribution >= 4 is 29.2 Å². The van der Waals surface area contributed by atoms with Gasteiger partial charge in [-0.15, -0.1) is 12.6 Å². The van der Waals surface area contributed by atoms with Crippen LogP contribution in [-0.4, -0.2) is 35.4 Å². The molecule has 0 aromatic heterocycles. The van der Waals surface area contributed by atoms with Gasteiger partial charge in [-0.25, -0.2) is 0 Å². The normalized spacial score (nSPS) is 10.5. The zero-order chi connectivity index (χ0) is 10.1. The van der Waals surface area contributed by atoms with Crippen molar-refractivity contribution in [3.8, 4) is 0 Å². The van der Waals surface area contributed by atoms with E-state index >= 15 is 0 Å². The van der Waals surface area contributed by atoms with Crippen molar-refractivity contribution in [3.05, 3.63) is 0 Å². The minimum absolute atomic E-state index is 0.591. The third-order valence-electron chi connectivity index (χ3n) is 1.78. The Morgan fingerprint density at radius 2 is 1.77 bits per heavy atom. The van der Waals surface area contributed by atoms with Gasteiger partial charge < -0.3 is 10.2 Å². The van der Waals surface area contributed by atoms with Crippen LogP contribution in [-0.2, 0) is 0 Å². The summed E-state index contributed by atoms with van der Waals surface area (Å²) in [6.07, 6.45) is 2.43. The lowest BCUT2D eigenvalue weighted by atomic mass is 10.3. The summed E-state index contributed by atoms with van der Waals surface area (Å²) in [5.41, 5.74) is 0. The Bertz CT molecular complexity index is 134. The number of nitrogens with zero attached hydrogens (tertiary/aromatic N) is 1. The first-order chi connectivity index (χ1) is 6.20. The number of rotatable bonds is 7. The van der Waals surface area contributed by atoms with Gasteiger partial charge in [0.05, 0.1) is 0 Å². The molecule has 2 nitrogen and oxygen atoms in total. The summed E-state index contributed by atoms with van der Waals surface area (Å²) in [6.45, 7) is 8.73. The van der Waals surface area contributed by atoms with Gasteiger partial charge >= 0.3 is 0 Å². The van der Waals surface area contributed by atoms with Gasteiger partial charge in [0.2, 0.25) is 0 Å². The zero-order valence-corrected chi connectivity index (χ0v) is 10.3. The Morgan fingerprint density at radius 3 is 2.15 bits per heavy atom. The van der Waals surface area contributed by atoms with Crippen LogP contribution in [0.1, 0.15) is 26.7 Å². The van der Waals surface area contributed by atoms with E-state index in [1.807, 2.05) is 0 Å². The predicted octanol–water partition coefficient (Wildman–Crippen LogP) is 1.91. The second kappa shape index (κ2) is 8.78. The molecule has 4 heteroatoms. The van der Waals surface area contributed by atoms with Crippen molar-refractivity contribution in [3.63, 3.8) is 0 Å². The molecule has 13 heavy (non-hydrogen) atoms. The highest BCUT2D eigenvalue weighted by molar-refractivity contribution is 8.11. The molecule has 0 bridgehead atoms. The molecule has 0 aliphatic heterocycles. The van der Waals surface area contributed by atoms with Gasteiger partial charge in [0, 0.05) is 13.1 Å². The van der Waals surface area contributed by atoms with E-state index in [2.05, 4.69) is 36.7 Å². The second-order valence-electron chi connectivity index (χ2n) is 3.07. The summed E-state index contributed by atoms with van der Waals surface area (Å²) >= 11 is 8.82. The van der Waals surface area contributed by atoms with Crippen LogP contribution in [0.15, 0.2) is 0 Å². The lowest BCUT2D eigenvalue weighted by Gasteiger charge is -2.20. The van der Waals surface area contributed by atoms with E-state index in [-0.39, 0.29) is 0 Å². The first-order valence-electron chi connectivity index (χ1n) is 4.89. The molecule has 0 radical (unpaired) electrons. The van der Waals surface area contributed by atoms with E-state index in [1.54, 1.807) is 0 Å². The van der Waals surface area contributed by atoms with Gasteiger partial charge in [-0.2, -0.15) is 0 Å². The number of hydrogen-bond donors (Lipinski definition) is 2. The van der Waals surface area contributed by atoms with Crippen LogP contribution >= 0.6 is 24.8 Å². The maximum atomic E-state index is 4.81. The molecule has 0 aromatic rings. The second-order valence-corrected chi connectivity index (χ2v) is 4.23. The van der Waals surface area contributed by atoms with E-state index in [4.69, 9.17) is 12.2 Å². The van der Waals surface area contributed by atoms with Gasteiger partial charge in [0.25, 0.3) is 0 Å². The summed E-state index contributed by atoms with van der Waals surface area (Å²) in [5, 5.41) is 3.05. The SMILES string of the molecule is CCCN(CCC)CCNC(=S)S. The van der Waals surface area contributed by atoms with Crippen LogP contribution in [0.2, 0.25) is 0 Å². The molecular weight excluding hydrogens is 200 g/mol. The van der Waals surface area contributed by atoms with Gasteiger partial charge in [-0.3, -0.25) is 0 Å². The van der Waals surface area contributed by atoms with Crippen LogP contribution < -0.4 is 5.32 Å². The van der Waals surface area contributed by atoms with E-state index < -0.39 is 0 Å². The van der Waals surface area contributed by atoms with Crippen molar-refractivity contribution in [2.24, 2.45) is 0 Å². The molecule has 0 amide bonds. The lowest BCUT2D eigenvalue weighted by Crippen LogP contribution is -2.34. The van der Waals surface area contributed by atoms with Crippen molar-refractivity contribution in [1.29, 1.82) is 0 Å². The molecule has 0 rings (SSSR count). The fraction of sp³-hybridized carbons (Fsp3) is 0.889. The average Bonchev–Trinajstić information content (AvgIpc) is 2.04. The Kier molecular flexibility index (Phi) is 8.92. The summed E-state index contributed by atoms with van der Waals surface area (Å²) in [7, 11) is 0. The predicted molar refractivity (Wildman–Crippen MR) is 66.6 cm³/mol. The van der Waals surface area contributed by atoms with E-state index in [1.165, 1.54) is 25.9 Å². The monoisotopic (exact) mass is 220 g/mol. The van der Waals surface area contributed by atoms with Crippen molar-refractivity contribution in [1.82, 2.24) is 10.2 Å². The Labute approximate surface area is 92.5 Å². The van der Waals surface area contributed by atoms with E-state index in [9.17, 15) is 0 Å². The minimum atomic E-state index is 0.591. The smallest absolute Gasteiger partial charge is 0.130 e. The number of nitrogens with one attached hydrogen (secondary N) is 1. The summed E-state index contributed by atoms with van der Waals surface area (Å²) < 4.78 is 0.591. The fourth-order valence-electron chi connectivity index (χ4n) is 1.29. The molecule has 1 N–H and O–H groups in total. The molecule has 78 valence electrons. The van der Waals surface area contributed by atoms with Crippen LogP contribution in [0.3, 0.4) is 0 Å². The fourth-order valence-corrected chi connectivity index (χ4v) is 1.50. The molecule has 0 atom stereocenters. The topological polar surface area (TPSA) is 15.3 Å². The maximum absolute atomic E-state index is 4.81.